The molecule has 2 saturated heterocycles. The van der Waals surface area contributed by atoms with Crippen molar-refractivity contribution >= 4 is 18.0 Å². The third kappa shape index (κ3) is 5.77. The normalized spacial score (nSPS) is 20.6. The maximum atomic E-state index is 14.1. The van der Waals surface area contributed by atoms with Gasteiger partial charge in [0.1, 0.15) is 12.1 Å². The van der Waals surface area contributed by atoms with Gasteiger partial charge in [-0.05, 0) is 53.0 Å². The van der Waals surface area contributed by atoms with E-state index in [1.807, 2.05) is 42.5 Å². The van der Waals surface area contributed by atoms with Crippen LogP contribution in [0.5, 0.6) is 0 Å². The van der Waals surface area contributed by atoms with E-state index in [4.69, 9.17) is 4.74 Å². The number of ether oxygens (including phenoxy) is 1. The Labute approximate surface area is 246 Å². The van der Waals surface area contributed by atoms with Gasteiger partial charge in [-0.3, -0.25) is 14.5 Å². The van der Waals surface area contributed by atoms with Crippen LogP contribution in [0.1, 0.15) is 48.3 Å². The van der Waals surface area contributed by atoms with Crippen LogP contribution in [0, 0.1) is 5.92 Å². The maximum Gasteiger partial charge on any atom is 0.408 e. The second kappa shape index (κ2) is 12.0. The lowest BCUT2D eigenvalue weighted by molar-refractivity contribution is -0.140. The highest BCUT2D eigenvalue weighted by Crippen LogP contribution is 2.44. The Morgan fingerprint density at radius 2 is 1.48 bits per heavy atom. The summed E-state index contributed by atoms with van der Waals surface area (Å²) in [5.41, 5.74) is 4.64. The second-order valence-corrected chi connectivity index (χ2v) is 11.8. The molecule has 3 aromatic carbocycles. The molecule has 8 heteroatoms. The third-order valence-electron chi connectivity index (χ3n) is 9.06. The molecule has 1 atom stereocenters. The van der Waals surface area contributed by atoms with E-state index >= 15 is 0 Å². The molecule has 0 spiro atoms. The molecule has 0 saturated carbocycles. The highest BCUT2D eigenvalue weighted by molar-refractivity contribution is 5.91. The van der Waals surface area contributed by atoms with Gasteiger partial charge >= 0.3 is 12.1 Å². The molecule has 2 amide bonds. The second-order valence-electron chi connectivity index (χ2n) is 11.8. The quantitative estimate of drug-likeness (QED) is 0.403. The molecule has 2 N–H and O–H groups in total. The smallest absolute Gasteiger partial charge is 0.408 e. The minimum absolute atomic E-state index is 0.0655. The number of likely N-dealkylation sites (tertiary alicyclic amines) is 2. The van der Waals surface area contributed by atoms with Crippen molar-refractivity contribution in [3.05, 3.63) is 95.6 Å². The van der Waals surface area contributed by atoms with Gasteiger partial charge < -0.3 is 20.1 Å². The predicted octanol–water partition coefficient (Wildman–Crippen LogP) is 4.88. The molecule has 6 rings (SSSR count). The van der Waals surface area contributed by atoms with Gasteiger partial charge in [0.05, 0.1) is 0 Å². The molecular weight excluding hydrogens is 530 g/mol. The number of benzene rings is 3. The number of carbonyl (C=O) groups is 3. The fourth-order valence-corrected chi connectivity index (χ4v) is 6.92. The number of piperidine rings is 1. The maximum absolute atomic E-state index is 14.1. The summed E-state index contributed by atoms with van der Waals surface area (Å²) in [7, 11) is 0. The summed E-state index contributed by atoms with van der Waals surface area (Å²) in [5.74, 6) is -0.919. The number of fused-ring (bicyclic) bond motifs is 3. The van der Waals surface area contributed by atoms with Crippen LogP contribution in [0.25, 0.3) is 11.1 Å². The number of rotatable bonds is 8. The molecule has 2 heterocycles. The number of carboxylic acid groups (broad SMARTS) is 1. The number of aliphatic carboxylic acids is 1. The summed E-state index contributed by atoms with van der Waals surface area (Å²) >= 11 is 0. The molecule has 0 aromatic heterocycles. The first-order valence-electron chi connectivity index (χ1n) is 14.8. The lowest BCUT2D eigenvalue weighted by atomic mass is 9.90. The first-order chi connectivity index (χ1) is 20.4. The number of hydrogen-bond acceptors (Lipinski definition) is 5. The number of amides is 2. The van der Waals surface area contributed by atoms with Crippen LogP contribution in [0.2, 0.25) is 0 Å². The predicted molar refractivity (Wildman–Crippen MR) is 159 cm³/mol. The van der Waals surface area contributed by atoms with Crippen molar-refractivity contribution in [3.8, 4) is 11.1 Å². The summed E-state index contributed by atoms with van der Waals surface area (Å²) in [5, 5.41) is 12.2. The van der Waals surface area contributed by atoms with Crippen LogP contribution < -0.4 is 5.32 Å². The Morgan fingerprint density at radius 3 is 2.12 bits per heavy atom. The van der Waals surface area contributed by atoms with Gasteiger partial charge in [-0.15, -0.1) is 0 Å². The van der Waals surface area contributed by atoms with Crippen molar-refractivity contribution in [1.82, 2.24) is 15.1 Å². The molecule has 8 nitrogen and oxygen atoms in total. The monoisotopic (exact) mass is 567 g/mol. The lowest BCUT2D eigenvalue weighted by Gasteiger charge is -2.38. The number of carbonyl (C=O) groups excluding carboxylic acids is 2. The van der Waals surface area contributed by atoms with E-state index in [1.54, 1.807) is 4.90 Å². The van der Waals surface area contributed by atoms with E-state index < -0.39 is 17.6 Å². The van der Waals surface area contributed by atoms with Crippen molar-refractivity contribution in [2.45, 2.75) is 43.7 Å². The molecule has 1 unspecified atom stereocenters. The molecule has 2 fully saturated rings. The minimum atomic E-state index is -1.10. The van der Waals surface area contributed by atoms with Crippen molar-refractivity contribution in [2.24, 2.45) is 5.92 Å². The Morgan fingerprint density at radius 1 is 0.857 bits per heavy atom. The van der Waals surface area contributed by atoms with Gasteiger partial charge in [0, 0.05) is 45.1 Å². The average Bonchev–Trinajstić information content (AvgIpc) is 3.55. The Bertz CT molecular complexity index is 1410. The molecule has 218 valence electrons. The molecule has 2 aliphatic heterocycles. The molecule has 42 heavy (non-hydrogen) atoms. The van der Waals surface area contributed by atoms with Crippen LogP contribution in [-0.4, -0.2) is 71.2 Å². The minimum Gasteiger partial charge on any atom is -0.481 e. The van der Waals surface area contributed by atoms with Crippen molar-refractivity contribution in [2.75, 3.05) is 32.8 Å². The molecule has 0 bridgehead atoms. The summed E-state index contributed by atoms with van der Waals surface area (Å²) in [6, 6.07) is 26.5. The summed E-state index contributed by atoms with van der Waals surface area (Å²) in [4.78, 5) is 42.7. The summed E-state index contributed by atoms with van der Waals surface area (Å²) in [6.45, 7) is 2.90. The van der Waals surface area contributed by atoms with Crippen LogP contribution in [0.3, 0.4) is 0 Å². The van der Waals surface area contributed by atoms with E-state index in [9.17, 15) is 19.5 Å². The van der Waals surface area contributed by atoms with E-state index in [-0.39, 0.29) is 30.8 Å². The Balaban J connectivity index is 1.16. The largest absolute Gasteiger partial charge is 0.481 e. The lowest BCUT2D eigenvalue weighted by Crippen LogP contribution is -2.62. The average molecular weight is 568 g/mol. The van der Waals surface area contributed by atoms with Gasteiger partial charge in [0.15, 0.2) is 0 Å². The van der Waals surface area contributed by atoms with Gasteiger partial charge in [-0.1, -0.05) is 78.9 Å². The van der Waals surface area contributed by atoms with Gasteiger partial charge in [0.2, 0.25) is 5.91 Å². The molecule has 3 aromatic rings. The summed E-state index contributed by atoms with van der Waals surface area (Å²) in [6.07, 6.45) is 1.31. The van der Waals surface area contributed by atoms with Crippen LogP contribution in [0.4, 0.5) is 4.79 Å². The highest BCUT2D eigenvalue weighted by Gasteiger charge is 2.48. The zero-order chi connectivity index (χ0) is 29.1. The van der Waals surface area contributed by atoms with Crippen LogP contribution >= 0.6 is 0 Å². The zero-order valence-corrected chi connectivity index (χ0v) is 23.7. The van der Waals surface area contributed by atoms with Crippen molar-refractivity contribution in [3.63, 3.8) is 0 Å². The zero-order valence-electron chi connectivity index (χ0n) is 23.7. The molecule has 1 aliphatic carbocycles. The highest BCUT2D eigenvalue weighted by atomic mass is 16.5. The fraction of sp³-hybridized carbons (Fsp3) is 0.382. The first-order valence-corrected chi connectivity index (χ1v) is 14.8. The van der Waals surface area contributed by atoms with Gasteiger partial charge in [-0.25, -0.2) is 4.79 Å². The van der Waals surface area contributed by atoms with E-state index in [2.05, 4.69) is 46.6 Å². The van der Waals surface area contributed by atoms with E-state index in [1.165, 1.54) is 0 Å². The summed E-state index contributed by atoms with van der Waals surface area (Å²) < 4.78 is 5.87. The molecular formula is C34H37N3O5. The molecule has 0 radical (unpaired) electrons. The first kappa shape index (κ1) is 28.0. The SMILES string of the molecule is O=C(O)CC1CCN(C(=O)C2(NC(=O)OCC3c4ccccc4-c4ccccc43)CCN(Cc3ccccc3)C2)CC1. The third-order valence-corrected chi connectivity index (χ3v) is 9.06. The topological polar surface area (TPSA) is 99.2 Å². The Kier molecular flexibility index (Phi) is 7.98. The van der Waals surface area contributed by atoms with Crippen LogP contribution in [-0.2, 0) is 20.9 Å². The van der Waals surface area contributed by atoms with Gasteiger partial charge in [-0.2, -0.15) is 0 Å². The van der Waals surface area contributed by atoms with Gasteiger partial charge in [0.25, 0.3) is 0 Å². The molecule has 3 aliphatic rings. The fourth-order valence-electron chi connectivity index (χ4n) is 6.92. The van der Waals surface area contributed by atoms with E-state index in [0.717, 1.165) is 27.8 Å². The Hall–Kier alpha value is -4.17. The van der Waals surface area contributed by atoms with Crippen molar-refractivity contribution in [1.29, 1.82) is 0 Å². The number of hydrogen-bond donors (Lipinski definition) is 2. The van der Waals surface area contributed by atoms with Crippen LogP contribution in [0.15, 0.2) is 78.9 Å². The van der Waals surface area contributed by atoms with E-state index in [0.29, 0.717) is 52.0 Å². The number of nitrogens with zero attached hydrogens (tertiary/aromatic N) is 2. The standard InChI is InChI=1S/C34H37N3O5/c38-31(39)20-24-14-17-37(18-15-24)32(40)34(16-19-36(23-34)21-25-8-2-1-3-9-25)35-33(41)42-22-30-28-12-6-4-10-26(28)27-11-5-7-13-29(27)30/h1-13,24,30H,14-23H2,(H,35,41)(H,38,39). The number of alkyl carbamates (subject to hydrolysis) is 1. The number of nitrogens with one attached hydrogen (secondary N) is 1. The number of carboxylic acids is 1. The van der Waals surface area contributed by atoms with Crippen molar-refractivity contribution < 1.29 is 24.2 Å².